The van der Waals surface area contributed by atoms with Gasteiger partial charge in [-0.1, -0.05) is 78.7 Å². The topological polar surface area (TPSA) is 87.6 Å². The summed E-state index contributed by atoms with van der Waals surface area (Å²) in [5.41, 5.74) is 16.8. The van der Waals surface area contributed by atoms with Gasteiger partial charge >= 0.3 is 5.97 Å². The molecule has 3 unspecified atom stereocenters. The summed E-state index contributed by atoms with van der Waals surface area (Å²) >= 11 is 0. The Labute approximate surface area is 249 Å². The molecule has 1 heterocycles. The summed E-state index contributed by atoms with van der Waals surface area (Å²) in [6.45, 7) is 17.8. The van der Waals surface area contributed by atoms with Crippen molar-refractivity contribution in [1.29, 1.82) is 0 Å². The average molecular weight is 565 g/mol. The number of esters is 1. The molecule has 5 nitrogen and oxygen atoms in total. The van der Waals surface area contributed by atoms with Crippen LogP contribution in [0.3, 0.4) is 0 Å². The van der Waals surface area contributed by atoms with Gasteiger partial charge in [-0.2, -0.15) is 0 Å². The van der Waals surface area contributed by atoms with Crippen LogP contribution in [-0.2, 0) is 6.42 Å². The van der Waals surface area contributed by atoms with Crippen molar-refractivity contribution in [3.05, 3.63) is 46.0 Å². The highest BCUT2D eigenvalue weighted by atomic mass is 16.5. The van der Waals surface area contributed by atoms with E-state index in [9.17, 15) is 4.79 Å². The highest BCUT2D eigenvalue weighted by Crippen LogP contribution is 2.45. The Kier molecular flexibility index (Phi) is 11.6. The van der Waals surface area contributed by atoms with Crippen molar-refractivity contribution >= 4 is 17.3 Å². The number of ether oxygens (including phenoxy) is 2. The van der Waals surface area contributed by atoms with Crippen LogP contribution in [0.25, 0.3) is 0 Å². The molecule has 1 aliphatic heterocycles. The first kappa shape index (κ1) is 32.8. The molecule has 0 saturated carbocycles. The van der Waals surface area contributed by atoms with Gasteiger partial charge in [-0.05, 0) is 100.0 Å². The zero-order valence-electron chi connectivity index (χ0n) is 27.1. The lowest BCUT2D eigenvalue weighted by atomic mass is 9.83. The molecule has 5 heteroatoms. The van der Waals surface area contributed by atoms with Gasteiger partial charge in [0.15, 0.2) is 0 Å². The molecule has 0 amide bonds. The minimum atomic E-state index is -0.526. The fourth-order valence-corrected chi connectivity index (χ4v) is 6.38. The predicted molar refractivity (Wildman–Crippen MR) is 173 cm³/mol. The summed E-state index contributed by atoms with van der Waals surface area (Å²) < 4.78 is 12.7. The quantitative estimate of drug-likeness (QED) is 0.135. The van der Waals surface area contributed by atoms with Crippen molar-refractivity contribution < 1.29 is 14.3 Å². The Hall–Kier alpha value is -2.69. The van der Waals surface area contributed by atoms with Crippen LogP contribution in [0.15, 0.2) is 18.2 Å². The summed E-state index contributed by atoms with van der Waals surface area (Å²) in [6, 6.07) is 5.06. The van der Waals surface area contributed by atoms with Gasteiger partial charge in [-0.25, -0.2) is 4.79 Å². The Bertz CT molecular complexity index is 1170. The van der Waals surface area contributed by atoms with Crippen molar-refractivity contribution in [1.82, 2.24) is 0 Å². The molecule has 0 bridgehead atoms. The first-order valence-corrected chi connectivity index (χ1v) is 16.0. The zero-order valence-corrected chi connectivity index (χ0v) is 27.1. The fraction of sp³-hybridized carbons (Fsp3) is 0.639. The number of anilines is 2. The van der Waals surface area contributed by atoms with Crippen LogP contribution in [0.2, 0.25) is 0 Å². The second kappa shape index (κ2) is 14.5. The maximum absolute atomic E-state index is 13.1. The lowest BCUT2D eigenvalue weighted by molar-refractivity contribution is 0.0508. The standard InChI is InChI=1S/C36H56N2O3/c1-23(2)13-9-14-24(3)15-10-16-25(4)17-12-21-36(8)22-20-29-28(7)33(26(5)27(6)34(29)41-36)40-35(39)32-30(37)18-11-19-31(32)38/h11,18-19,23-25H,9-10,12-17,20-22,37-38H2,1-8H3. The zero-order chi connectivity index (χ0) is 30.3. The molecule has 0 radical (unpaired) electrons. The fourth-order valence-electron chi connectivity index (χ4n) is 6.38. The van der Waals surface area contributed by atoms with Crippen molar-refractivity contribution in [3.8, 4) is 11.5 Å². The number of fused-ring (bicyclic) bond motifs is 1. The molecular weight excluding hydrogens is 508 g/mol. The van der Waals surface area contributed by atoms with Crippen molar-refractivity contribution in [2.45, 2.75) is 132 Å². The number of benzene rings is 2. The van der Waals surface area contributed by atoms with Gasteiger partial charge in [-0.3, -0.25) is 0 Å². The number of carbonyl (C=O) groups is 1. The SMILES string of the molecule is Cc1c(C)c2c(c(C)c1OC(=O)c1c(N)cccc1N)CCC(C)(CCCC(C)CCCC(C)CCCC(C)C)O2. The Morgan fingerprint density at radius 2 is 1.44 bits per heavy atom. The van der Waals surface area contributed by atoms with E-state index in [1.807, 2.05) is 13.8 Å². The maximum Gasteiger partial charge on any atom is 0.347 e. The molecule has 41 heavy (non-hydrogen) atoms. The molecular formula is C36H56N2O3. The molecule has 0 spiro atoms. The van der Waals surface area contributed by atoms with E-state index in [2.05, 4.69) is 41.5 Å². The molecule has 2 aromatic rings. The van der Waals surface area contributed by atoms with Crippen LogP contribution in [-0.4, -0.2) is 11.6 Å². The van der Waals surface area contributed by atoms with E-state index in [4.69, 9.17) is 20.9 Å². The predicted octanol–water partition coefficient (Wildman–Crippen LogP) is 9.52. The number of nitrogens with two attached hydrogens (primary N) is 2. The van der Waals surface area contributed by atoms with Crippen molar-refractivity contribution in [2.75, 3.05) is 11.5 Å². The first-order valence-electron chi connectivity index (χ1n) is 16.0. The smallest absolute Gasteiger partial charge is 0.347 e. The normalized spacial score (nSPS) is 18.1. The van der Waals surface area contributed by atoms with E-state index in [1.165, 1.54) is 51.4 Å². The monoisotopic (exact) mass is 564 g/mol. The number of hydrogen-bond donors (Lipinski definition) is 2. The summed E-state index contributed by atoms with van der Waals surface area (Å²) in [5.74, 6) is 3.46. The maximum atomic E-state index is 13.1. The second-order valence-corrected chi connectivity index (χ2v) is 13.6. The Morgan fingerprint density at radius 1 is 0.878 bits per heavy atom. The van der Waals surface area contributed by atoms with Gasteiger partial charge in [0.1, 0.15) is 22.7 Å². The molecule has 2 aromatic carbocycles. The minimum Gasteiger partial charge on any atom is -0.487 e. The van der Waals surface area contributed by atoms with E-state index >= 15 is 0 Å². The number of hydrogen-bond acceptors (Lipinski definition) is 5. The van der Waals surface area contributed by atoms with Crippen LogP contribution in [0, 0.1) is 38.5 Å². The van der Waals surface area contributed by atoms with E-state index < -0.39 is 5.97 Å². The minimum absolute atomic E-state index is 0.174. The van der Waals surface area contributed by atoms with E-state index in [-0.39, 0.29) is 11.2 Å². The van der Waals surface area contributed by atoms with Gasteiger partial charge in [0.05, 0.1) is 0 Å². The van der Waals surface area contributed by atoms with Gasteiger partial charge in [0, 0.05) is 16.9 Å². The number of carbonyl (C=O) groups excluding carboxylic acids is 1. The summed E-state index contributed by atoms with van der Waals surface area (Å²) in [7, 11) is 0. The van der Waals surface area contributed by atoms with E-state index in [0.717, 1.165) is 65.0 Å². The molecule has 0 aromatic heterocycles. The van der Waals surface area contributed by atoms with Crippen LogP contribution in [0.5, 0.6) is 11.5 Å². The van der Waals surface area contributed by atoms with E-state index in [0.29, 0.717) is 17.1 Å². The summed E-state index contributed by atoms with van der Waals surface area (Å²) in [6.07, 6.45) is 13.5. The molecule has 3 atom stereocenters. The summed E-state index contributed by atoms with van der Waals surface area (Å²) in [5, 5.41) is 0. The second-order valence-electron chi connectivity index (χ2n) is 13.6. The molecule has 0 fully saturated rings. The molecule has 228 valence electrons. The van der Waals surface area contributed by atoms with Crippen LogP contribution >= 0.6 is 0 Å². The van der Waals surface area contributed by atoms with Gasteiger partial charge in [0.2, 0.25) is 0 Å². The Morgan fingerprint density at radius 3 is 2.02 bits per heavy atom. The lowest BCUT2D eigenvalue weighted by Gasteiger charge is -2.38. The number of nitrogen functional groups attached to an aromatic ring is 2. The van der Waals surface area contributed by atoms with Crippen LogP contribution in [0.1, 0.15) is 131 Å². The van der Waals surface area contributed by atoms with Crippen molar-refractivity contribution in [2.24, 2.45) is 17.8 Å². The Balaban J connectivity index is 1.56. The molecule has 4 N–H and O–H groups in total. The first-order chi connectivity index (χ1) is 19.3. The molecule has 3 rings (SSSR count). The largest absolute Gasteiger partial charge is 0.487 e. The van der Waals surface area contributed by atoms with Gasteiger partial charge in [0.25, 0.3) is 0 Å². The third-order valence-corrected chi connectivity index (χ3v) is 9.37. The highest BCUT2D eigenvalue weighted by molar-refractivity contribution is 6.01. The van der Waals surface area contributed by atoms with E-state index in [1.54, 1.807) is 18.2 Å². The van der Waals surface area contributed by atoms with Gasteiger partial charge in [-0.15, -0.1) is 0 Å². The number of rotatable bonds is 14. The molecule has 0 saturated heterocycles. The van der Waals surface area contributed by atoms with Gasteiger partial charge < -0.3 is 20.9 Å². The molecule has 1 aliphatic rings. The van der Waals surface area contributed by atoms with Crippen LogP contribution < -0.4 is 20.9 Å². The summed E-state index contributed by atoms with van der Waals surface area (Å²) in [4.78, 5) is 13.1. The average Bonchev–Trinajstić information content (AvgIpc) is 2.89. The lowest BCUT2D eigenvalue weighted by Crippen LogP contribution is -2.37. The van der Waals surface area contributed by atoms with Crippen molar-refractivity contribution in [3.63, 3.8) is 0 Å². The third-order valence-electron chi connectivity index (χ3n) is 9.37. The third kappa shape index (κ3) is 8.66. The van der Waals surface area contributed by atoms with Crippen LogP contribution in [0.4, 0.5) is 11.4 Å². The molecule has 0 aliphatic carbocycles. The highest BCUT2D eigenvalue weighted by Gasteiger charge is 2.35.